The average molecular weight is 263 g/mol. The van der Waals surface area contributed by atoms with E-state index in [9.17, 15) is 4.79 Å². The number of carbonyl (C=O) groups is 1. The lowest BCUT2D eigenvalue weighted by Crippen LogP contribution is -2.51. The van der Waals surface area contributed by atoms with Crippen LogP contribution in [-0.2, 0) is 9.53 Å². The van der Waals surface area contributed by atoms with Gasteiger partial charge >= 0.3 is 0 Å². The molecule has 0 bridgehead atoms. The highest BCUT2D eigenvalue weighted by atomic mass is 35.5. The summed E-state index contributed by atoms with van der Waals surface area (Å²) in [5.41, 5.74) is 0. The van der Waals surface area contributed by atoms with Gasteiger partial charge < -0.3 is 15.0 Å². The summed E-state index contributed by atoms with van der Waals surface area (Å²) >= 11 is 0. The van der Waals surface area contributed by atoms with E-state index in [0.717, 1.165) is 13.1 Å². The molecule has 2 fully saturated rings. The summed E-state index contributed by atoms with van der Waals surface area (Å²) in [5, 5.41) is 3.21. The third kappa shape index (κ3) is 3.57. The van der Waals surface area contributed by atoms with E-state index in [1.165, 1.54) is 25.7 Å². The highest BCUT2D eigenvalue weighted by molar-refractivity contribution is 5.85. The monoisotopic (exact) mass is 262 g/mol. The summed E-state index contributed by atoms with van der Waals surface area (Å²) in [7, 11) is 0. The Hall–Kier alpha value is -0.320. The van der Waals surface area contributed by atoms with Crippen molar-refractivity contribution >= 4 is 18.3 Å². The van der Waals surface area contributed by atoms with Crippen LogP contribution in [0.3, 0.4) is 0 Å². The van der Waals surface area contributed by atoms with E-state index in [0.29, 0.717) is 19.2 Å². The fourth-order valence-corrected chi connectivity index (χ4v) is 2.72. The minimum absolute atomic E-state index is 0. The molecular formula is C12H23ClN2O2. The number of ether oxygens (including phenoxy) is 1. The van der Waals surface area contributed by atoms with Crippen LogP contribution in [0.5, 0.6) is 0 Å². The topological polar surface area (TPSA) is 41.6 Å². The second-order valence-corrected chi connectivity index (χ2v) is 4.63. The molecule has 100 valence electrons. The van der Waals surface area contributed by atoms with Gasteiger partial charge in [0.05, 0.1) is 6.61 Å². The van der Waals surface area contributed by atoms with Crippen LogP contribution in [-0.4, -0.2) is 49.2 Å². The van der Waals surface area contributed by atoms with Gasteiger partial charge in [-0.05, 0) is 19.8 Å². The SMILES string of the molecule is CCN(C(=O)C1CNCCO1)C1CCCC1.Cl. The Morgan fingerprint density at radius 2 is 2.12 bits per heavy atom. The Bertz CT molecular complexity index is 239. The van der Waals surface area contributed by atoms with Gasteiger partial charge in [0.25, 0.3) is 5.91 Å². The molecule has 2 rings (SSSR count). The highest BCUT2D eigenvalue weighted by Gasteiger charge is 2.31. The van der Waals surface area contributed by atoms with Gasteiger partial charge in [-0.1, -0.05) is 12.8 Å². The molecule has 1 aliphatic carbocycles. The van der Waals surface area contributed by atoms with E-state index in [4.69, 9.17) is 4.74 Å². The van der Waals surface area contributed by atoms with Crippen LogP contribution >= 0.6 is 12.4 Å². The maximum absolute atomic E-state index is 12.3. The smallest absolute Gasteiger partial charge is 0.253 e. The predicted molar refractivity (Wildman–Crippen MR) is 69.5 cm³/mol. The maximum atomic E-state index is 12.3. The average Bonchev–Trinajstić information content (AvgIpc) is 2.85. The number of morpholine rings is 1. The standard InChI is InChI=1S/C12H22N2O2.ClH/c1-2-14(10-5-3-4-6-10)12(15)11-9-13-7-8-16-11;/h10-11,13H,2-9H2,1H3;1H. The molecule has 1 unspecified atom stereocenters. The zero-order chi connectivity index (χ0) is 11.4. The third-order valence-corrected chi connectivity index (χ3v) is 3.59. The third-order valence-electron chi connectivity index (χ3n) is 3.59. The van der Waals surface area contributed by atoms with Gasteiger partial charge in [0.2, 0.25) is 0 Å². The van der Waals surface area contributed by atoms with Crippen LogP contribution in [0.4, 0.5) is 0 Å². The number of carbonyl (C=O) groups excluding carboxylic acids is 1. The number of halogens is 1. The van der Waals surface area contributed by atoms with E-state index < -0.39 is 0 Å². The molecule has 1 heterocycles. The molecule has 4 nitrogen and oxygen atoms in total. The largest absolute Gasteiger partial charge is 0.366 e. The first-order valence-corrected chi connectivity index (χ1v) is 6.45. The van der Waals surface area contributed by atoms with Crippen LogP contribution in [0.15, 0.2) is 0 Å². The summed E-state index contributed by atoms with van der Waals surface area (Å²) in [5.74, 6) is 0.182. The fourth-order valence-electron chi connectivity index (χ4n) is 2.72. The van der Waals surface area contributed by atoms with Crippen molar-refractivity contribution in [2.24, 2.45) is 0 Å². The molecule has 1 saturated carbocycles. The summed E-state index contributed by atoms with van der Waals surface area (Å²) in [6, 6.07) is 0.461. The highest BCUT2D eigenvalue weighted by Crippen LogP contribution is 2.24. The van der Waals surface area contributed by atoms with Crippen LogP contribution in [0, 0.1) is 0 Å². The van der Waals surface area contributed by atoms with Gasteiger partial charge in [-0.3, -0.25) is 4.79 Å². The summed E-state index contributed by atoms with van der Waals surface area (Å²) in [6.07, 6.45) is 4.60. The van der Waals surface area contributed by atoms with E-state index in [-0.39, 0.29) is 24.4 Å². The Morgan fingerprint density at radius 3 is 2.65 bits per heavy atom. The number of nitrogens with one attached hydrogen (secondary N) is 1. The lowest BCUT2D eigenvalue weighted by molar-refractivity contribution is -0.147. The number of likely N-dealkylation sites (N-methyl/N-ethyl adjacent to an activating group) is 1. The molecule has 5 heteroatoms. The van der Waals surface area contributed by atoms with Crippen molar-refractivity contribution in [3.8, 4) is 0 Å². The van der Waals surface area contributed by atoms with Gasteiger partial charge in [-0.25, -0.2) is 0 Å². The second kappa shape index (κ2) is 7.19. The number of amides is 1. The lowest BCUT2D eigenvalue weighted by atomic mass is 10.1. The van der Waals surface area contributed by atoms with Gasteiger partial charge in [0, 0.05) is 25.7 Å². The molecule has 1 atom stereocenters. The van der Waals surface area contributed by atoms with Crippen LogP contribution in [0.1, 0.15) is 32.6 Å². The van der Waals surface area contributed by atoms with E-state index >= 15 is 0 Å². The van der Waals surface area contributed by atoms with Crippen molar-refractivity contribution in [1.29, 1.82) is 0 Å². The van der Waals surface area contributed by atoms with Gasteiger partial charge in [-0.2, -0.15) is 0 Å². The van der Waals surface area contributed by atoms with Crippen molar-refractivity contribution in [2.75, 3.05) is 26.2 Å². The molecule has 0 aromatic carbocycles. The molecule has 1 saturated heterocycles. The predicted octanol–water partition coefficient (Wildman–Crippen LogP) is 1.19. The van der Waals surface area contributed by atoms with Crippen LogP contribution in [0.2, 0.25) is 0 Å². The molecule has 0 aromatic heterocycles. The van der Waals surface area contributed by atoms with E-state index in [2.05, 4.69) is 12.2 Å². The number of hydrogen-bond acceptors (Lipinski definition) is 3. The normalized spacial score (nSPS) is 25.4. The molecular weight excluding hydrogens is 240 g/mol. The first-order chi connectivity index (χ1) is 7.83. The van der Waals surface area contributed by atoms with Gasteiger partial charge in [0.1, 0.15) is 6.10 Å². The summed E-state index contributed by atoms with van der Waals surface area (Å²) in [4.78, 5) is 14.3. The molecule has 1 N–H and O–H groups in total. The Balaban J connectivity index is 0.00000144. The van der Waals surface area contributed by atoms with Crippen molar-refractivity contribution < 1.29 is 9.53 Å². The first kappa shape index (κ1) is 14.7. The first-order valence-electron chi connectivity index (χ1n) is 6.45. The van der Waals surface area contributed by atoms with Crippen LogP contribution in [0.25, 0.3) is 0 Å². The minimum Gasteiger partial charge on any atom is -0.366 e. The zero-order valence-corrected chi connectivity index (χ0v) is 11.3. The van der Waals surface area contributed by atoms with Gasteiger partial charge in [-0.15, -0.1) is 12.4 Å². The second-order valence-electron chi connectivity index (χ2n) is 4.63. The summed E-state index contributed by atoms with van der Waals surface area (Å²) < 4.78 is 5.53. The number of nitrogens with zero attached hydrogens (tertiary/aromatic N) is 1. The Morgan fingerprint density at radius 1 is 1.41 bits per heavy atom. The minimum atomic E-state index is -0.255. The van der Waals surface area contributed by atoms with Crippen molar-refractivity contribution in [2.45, 2.75) is 44.8 Å². The molecule has 1 aliphatic heterocycles. The van der Waals surface area contributed by atoms with E-state index in [1.807, 2.05) is 4.90 Å². The molecule has 2 aliphatic rings. The Labute approximate surface area is 109 Å². The number of hydrogen-bond donors (Lipinski definition) is 1. The number of rotatable bonds is 3. The van der Waals surface area contributed by atoms with Crippen LogP contribution < -0.4 is 5.32 Å². The Kier molecular flexibility index (Phi) is 6.23. The van der Waals surface area contributed by atoms with Crippen molar-refractivity contribution in [3.63, 3.8) is 0 Å². The quantitative estimate of drug-likeness (QED) is 0.831. The van der Waals surface area contributed by atoms with Crippen molar-refractivity contribution in [3.05, 3.63) is 0 Å². The zero-order valence-electron chi connectivity index (χ0n) is 10.5. The fraction of sp³-hybridized carbons (Fsp3) is 0.917. The van der Waals surface area contributed by atoms with Crippen molar-refractivity contribution in [1.82, 2.24) is 10.2 Å². The van der Waals surface area contributed by atoms with Gasteiger partial charge in [0.15, 0.2) is 0 Å². The molecule has 0 radical (unpaired) electrons. The van der Waals surface area contributed by atoms with E-state index in [1.54, 1.807) is 0 Å². The lowest BCUT2D eigenvalue weighted by Gasteiger charge is -2.33. The molecule has 1 amide bonds. The molecule has 0 spiro atoms. The molecule has 0 aromatic rings. The molecule has 17 heavy (non-hydrogen) atoms. The summed E-state index contributed by atoms with van der Waals surface area (Å²) in [6.45, 7) is 5.05. The maximum Gasteiger partial charge on any atom is 0.253 e.